The Bertz CT molecular complexity index is 78.9. The summed E-state index contributed by atoms with van der Waals surface area (Å²) in [4.78, 5) is 0. The number of hydrogen-bond acceptors (Lipinski definition) is 2. The Labute approximate surface area is 66.2 Å². The van der Waals surface area contributed by atoms with Crippen LogP contribution in [0, 0.1) is 0 Å². The first-order chi connectivity index (χ1) is 4.21. The molecule has 1 rings (SSSR count). The zero-order valence-corrected chi connectivity index (χ0v) is 7.78. The minimum atomic E-state index is 0.559. The fourth-order valence-corrected chi connectivity index (χ4v) is 3.65. The molecular formula is C7H14S2. The van der Waals surface area contributed by atoms with Crippen molar-refractivity contribution in [3.8, 4) is 0 Å². The molecule has 0 radical (unpaired) electrons. The van der Waals surface area contributed by atoms with Gasteiger partial charge >= 0.3 is 0 Å². The Kier molecular flexibility index (Phi) is 2.77. The van der Waals surface area contributed by atoms with Crippen LogP contribution in [0.15, 0.2) is 0 Å². The third-order valence-corrected chi connectivity index (χ3v) is 4.30. The Morgan fingerprint density at radius 3 is 2.89 bits per heavy atom. The Hall–Kier alpha value is 0.700. The van der Waals surface area contributed by atoms with Gasteiger partial charge in [-0.25, -0.2) is 0 Å². The van der Waals surface area contributed by atoms with Crippen molar-refractivity contribution in [1.29, 1.82) is 0 Å². The maximum absolute atomic E-state index is 2.35. The van der Waals surface area contributed by atoms with Gasteiger partial charge < -0.3 is 0 Å². The molecule has 0 aliphatic carbocycles. The van der Waals surface area contributed by atoms with Crippen LogP contribution in [-0.4, -0.2) is 15.6 Å². The summed E-state index contributed by atoms with van der Waals surface area (Å²) in [6, 6.07) is 0. The molecule has 0 aromatic carbocycles. The van der Waals surface area contributed by atoms with Crippen LogP contribution < -0.4 is 0 Å². The summed E-state index contributed by atoms with van der Waals surface area (Å²) < 4.78 is 0.559. The molecular weight excluding hydrogens is 148 g/mol. The molecule has 9 heavy (non-hydrogen) atoms. The Morgan fingerprint density at radius 1 is 1.33 bits per heavy atom. The van der Waals surface area contributed by atoms with E-state index in [1.807, 2.05) is 0 Å². The highest BCUT2D eigenvalue weighted by atomic mass is 32.2. The van der Waals surface area contributed by atoms with Gasteiger partial charge in [-0.15, -0.1) is 11.8 Å². The SMILES string of the molecule is CC1(C)CCCSCS1. The third-order valence-electron chi connectivity index (χ3n) is 1.60. The molecule has 0 aromatic rings. The van der Waals surface area contributed by atoms with Crippen LogP contribution in [0.1, 0.15) is 26.7 Å². The van der Waals surface area contributed by atoms with Crippen LogP contribution >= 0.6 is 23.5 Å². The maximum Gasteiger partial charge on any atom is 0.0397 e. The first-order valence-electron chi connectivity index (χ1n) is 3.42. The van der Waals surface area contributed by atoms with Crippen LogP contribution in [0.4, 0.5) is 0 Å². The monoisotopic (exact) mass is 162 g/mol. The average Bonchev–Trinajstić information content (AvgIpc) is 1.92. The van der Waals surface area contributed by atoms with Gasteiger partial charge in [0.1, 0.15) is 0 Å². The van der Waals surface area contributed by atoms with Crippen molar-refractivity contribution in [3.05, 3.63) is 0 Å². The van der Waals surface area contributed by atoms with Gasteiger partial charge in [-0.05, 0) is 18.6 Å². The van der Waals surface area contributed by atoms with Crippen LogP contribution in [0.3, 0.4) is 0 Å². The molecule has 1 heterocycles. The first kappa shape index (κ1) is 7.80. The minimum Gasteiger partial charge on any atom is -0.151 e. The largest absolute Gasteiger partial charge is 0.151 e. The van der Waals surface area contributed by atoms with Gasteiger partial charge in [0, 0.05) is 9.83 Å². The molecule has 0 amide bonds. The highest BCUT2D eigenvalue weighted by Crippen LogP contribution is 2.35. The fraction of sp³-hybridized carbons (Fsp3) is 1.00. The maximum atomic E-state index is 2.35. The van der Waals surface area contributed by atoms with E-state index in [0.717, 1.165) is 0 Å². The van der Waals surface area contributed by atoms with E-state index >= 15 is 0 Å². The Morgan fingerprint density at radius 2 is 2.11 bits per heavy atom. The summed E-state index contributed by atoms with van der Waals surface area (Å²) in [6.07, 6.45) is 2.80. The minimum absolute atomic E-state index is 0.559. The molecule has 2 heteroatoms. The molecule has 0 N–H and O–H groups in total. The standard InChI is InChI=1S/C7H14S2/c1-7(2)4-3-5-8-6-9-7/h3-6H2,1-2H3. The van der Waals surface area contributed by atoms with Crippen molar-refractivity contribution in [1.82, 2.24) is 0 Å². The van der Waals surface area contributed by atoms with Gasteiger partial charge in [0.15, 0.2) is 0 Å². The normalized spacial score (nSPS) is 27.3. The predicted octanol–water partition coefficient (Wildman–Crippen LogP) is 2.98. The van der Waals surface area contributed by atoms with Gasteiger partial charge in [0.25, 0.3) is 0 Å². The van der Waals surface area contributed by atoms with Gasteiger partial charge in [-0.1, -0.05) is 13.8 Å². The number of thioether (sulfide) groups is 2. The molecule has 0 unspecified atom stereocenters. The molecule has 0 spiro atoms. The van der Waals surface area contributed by atoms with E-state index in [1.54, 1.807) is 0 Å². The lowest BCUT2D eigenvalue weighted by Gasteiger charge is -2.19. The van der Waals surface area contributed by atoms with Crippen LogP contribution in [0.2, 0.25) is 0 Å². The van der Waals surface area contributed by atoms with Crippen molar-refractivity contribution in [2.75, 3.05) is 10.8 Å². The van der Waals surface area contributed by atoms with Crippen LogP contribution in [-0.2, 0) is 0 Å². The van der Waals surface area contributed by atoms with Crippen molar-refractivity contribution in [2.24, 2.45) is 0 Å². The number of rotatable bonds is 0. The van der Waals surface area contributed by atoms with E-state index in [9.17, 15) is 0 Å². The van der Waals surface area contributed by atoms with Crippen LogP contribution in [0.5, 0.6) is 0 Å². The summed E-state index contributed by atoms with van der Waals surface area (Å²) in [6.45, 7) is 4.70. The second-order valence-electron chi connectivity index (χ2n) is 3.03. The molecule has 1 aliphatic rings. The van der Waals surface area contributed by atoms with E-state index in [2.05, 4.69) is 37.4 Å². The lowest BCUT2D eigenvalue weighted by molar-refractivity contribution is 0.634. The lowest BCUT2D eigenvalue weighted by Crippen LogP contribution is -2.12. The van der Waals surface area contributed by atoms with Crippen molar-refractivity contribution in [2.45, 2.75) is 31.4 Å². The van der Waals surface area contributed by atoms with Crippen molar-refractivity contribution < 1.29 is 0 Å². The van der Waals surface area contributed by atoms with E-state index in [0.29, 0.717) is 4.75 Å². The van der Waals surface area contributed by atoms with Gasteiger partial charge in [0.05, 0.1) is 0 Å². The molecule has 0 aromatic heterocycles. The highest BCUT2D eigenvalue weighted by molar-refractivity contribution is 8.16. The second kappa shape index (κ2) is 3.20. The quantitative estimate of drug-likeness (QED) is 0.537. The van der Waals surface area contributed by atoms with Crippen molar-refractivity contribution >= 4 is 23.5 Å². The summed E-state index contributed by atoms with van der Waals surface area (Å²) >= 11 is 4.19. The van der Waals surface area contributed by atoms with Gasteiger partial charge in [-0.2, -0.15) is 11.8 Å². The summed E-state index contributed by atoms with van der Waals surface area (Å²) in [5, 5.41) is 1.30. The highest BCUT2D eigenvalue weighted by Gasteiger charge is 2.19. The summed E-state index contributed by atoms with van der Waals surface area (Å²) in [5.74, 6) is 1.37. The predicted molar refractivity (Wildman–Crippen MR) is 48.2 cm³/mol. The van der Waals surface area contributed by atoms with Crippen molar-refractivity contribution in [3.63, 3.8) is 0 Å². The topological polar surface area (TPSA) is 0 Å². The van der Waals surface area contributed by atoms with Gasteiger partial charge in [0.2, 0.25) is 0 Å². The molecule has 1 aliphatic heterocycles. The zero-order valence-electron chi connectivity index (χ0n) is 6.14. The average molecular weight is 162 g/mol. The first-order valence-corrected chi connectivity index (χ1v) is 5.56. The molecule has 1 fully saturated rings. The smallest absolute Gasteiger partial charge is 0.0397 e. The molecule has 0 saturated carbocycles. The Balaban J connectivity index is 2.36. The molecule has 1 saturated heterocycles. The number of hydrogen-bond donors (Lipinski definition) is 0. The summed E-state index contributed by atoms with van der Waals surface area (Å²) in [7, 11) is 0. The third kappa shape index (κ3) is 2.85. The van der Waals surface area contributed by atoms with E-state index in [-0.39, 0.29) is 0 Å². The summed E-state index contributed by atoms with van der Waals surface area (Å²) in [5.41, 5.74) is 0. The molecule has 54 valence electrons. The van der Waals surface area contributed by atoms with E-state index in [4.69, 9.17) is 0 Å². The van der Waals surface area contributed by atoms with E-state index in [1.165, 1.54) is 23.7 Å². The lowest BCUT2D eigenvalue weighted by atomic mass is 10.1. The van der Waals surface area contributed by atoms with Gasteiger partial charge in [-0.3, -0.25) is 0 Å². The fourth-order valence-electron chi connectivity index (χ4n) is 0.932. The molecule has 0 atom stereocenters. The van der Waals surface area contributed by atoms with Crippen LogP contribution in [0.25, 0.3) is 0 Å². The zero-order chi connectivity index (χ0) is 6.74. The second-order valence-corrected chi connectivity index (χ2v) is 6.19. The molecule has 0 nitrogen and oxygen atoms in total. The van der Waals surface area contributed by atoms with E-state index < -0.39 is 0 Å². The molecule has 0 bridgehead atoms.